The maximum absolute atomic E-state index is 13.2. The Bertz CT molecular complexity index is 909. The van der Waals surface area contributed by atoms with Crippen molar-refractivity contribution in [1.29, 1.82) is 0 Å². The van der Waals surface area contributed by atoms with Gasteiger partial charge in [-0.25, -0.2) is 9.07 Å². The number of thiazole rings is 1. The summed E-state index contributed by atoms with van der Waals surface area (Å²) in [6, 6.07) is 13.1. The quantitative estimate of drug-likeness (QED) is 0.720. The number of aromatic hydroxyl groups is 1. The Kier molecular flexibility index (Phi) is 4.86. The second-order valence-electron chi connectivity index (χ2n) is 5.03. The lowest BCUT2D eigenvalue weighted by Crippen LogP contribution is -2.12. The van der Waals surface area contributed by atoms with Crippen LogP contribution in [0.25, 0.3) is 11.3 Å². The second kappa shape index (κ2) is 7.23. The molecule has 1 N–H and O–H groups in total. The van der Waals surface area contributed by atoms with Crippen LogP contribution in [0.3, 0.4) is 0 Å². The predicted molar refractivity (Wildman–Crippen MR) is 94.9 cm³/mol. The number of aromatic nitrogens is 1. The van der Waals surface area contributed by atoms with Crippen LogP contribution in [0, 0.1) is 5.82 Å². The molecule has 1 heterocycles. The lowest BCUT2D eigenvalue weighted by atomic mass is 10.2. The molecule has 0 aliphatic carbocycles. The molecule has 2 aromatic carbocycles. The molecule has 6 heteroatoms. The smallest absolute Gasteiger partial charge is 0.206 e. The standard InChI is InChI=1S/C18H16FN3OS/c1-2-20-18-22(21-11-13-3-9-16(23)10-4-13)17(12-24-18)14-5-7-15(19)8-6-14/h3-12,23H,2H2,1H3. The van der Waals surface area contributed by atoms with Gasteiger partial charge < -0.3 is 5.11 Å². The fourth-order valence-corrected chi connectivity index (χ4v) is 3.06. The molecule has 0 unspecified atom stereocenters. The summed E-state index contributed by atoms with van der Waals surface area (Å²) in [6.07, 6.45) is 1.70. The minimum atomic E-state index is -0.272. The predicted octanol–water partition coefficient (Wildman–Crippen LogP) is 3.86. The van der Waals surface area contributed by atoms with Crippen molar-refractivity contribution in [3.63, 3.8) is 0 Å². The van der Waals surface area contributed by atoms with Crippen molar-refractivity contribution in [2.75, 3.05) is 6.54 Å². The average molecular weight is 341 g/mol. The Hall–Kier alpha value is -2.73. The average Bonchev–Trinajstić information content (AvgIpc) is 2.98. The van der Waals surface area contributed by atoms with Crippen LogP contribution in [0.5, 0.6) is 5.75 Å². The fourth-order valence-electron chi connectivity index (χ4n) is 2.16. The number of phenolic OH excluding ortho intramolecular Hbond substituents is 1. The molecular weight excluding hydrogens is 325 g/mol. The number of nitrogens with zero attached hydrogens (tertiary/aromatic N) is 3. The first-order valence-electron chi connectivity index (χ1n) is 7.47. The molecular formula is C18H16FN3OS. The SMILES string of the molecule is CCN=c1scc(-c2ccc(F)cc2)n1N=Cc1ccc(O)cc1. The van der Waals surface area contributed by atoms with E-state index in [1.807, 2.05) is 12.3 Å². The van der Waals surface area contributed by atoms with E-state index in [1.54, 1.807) is 47.3 Å². The van der Waals surface area contributed by atoms with Gasteiger partial charge in [0.15, 0.2) is 0 Å². The van der Waals surface area contributed by atoms with Crippen molar-refractivity contribution in [3.05, 3.63) is 70.1 Å². The molecule has 3 rings (SSSR count). The van der Waals surface area contributed by atoms with Crippen molar-refractivity contribution in [2.45, 2.75) is 6.92 Å². The van der Waals surface area contributed by atoms with Crippen molar-refractivity contribution >= 4 is 17.6 Å². The van der Waals surface area contributed by atoms with E-state index in [9.17, 15) is 9.50 Å². The Morgan fingerprint density at radius 2 is 1.83 bits per heavy atom. The number of hydrogen-bond acceptors (Lipinski definition) is 4. The highest BCUT2D eigenvalue weighted by molar-refractivity contribution is 7.07. The highest BCUT2D eigenvalue weighted by Crippen LogP contribution is 2.20. The van der Waals surface area contributed by atoms with Crippen LogP contribution in [-0.4, -0.2) is 22.5 Å². The fraction of sp³-hybridized carbons (Fsp3) is 0.111. The molecule has 0 atom stereocenters. The van der Waals surface area contributed by atoms with Gasteiger partial charge in [-0.05, 0) is 61.0 Å². The molecule has 4 nitrogen and oxygen atoms in total. The molecule has 0 aliphatic rings. The van der Waals surface area contributed by atoms with Crippen LogP contribution >= 0.6 is 11.3 Å². The maximum atomic E-state index is 13.2. The van der Waals surface area contributed by atoms with Gasteiger partial charge in [-0.15, -0.1) is 11.3 Å². The number of hydrogen-bond donors (Lipinski definition) is 1. The molecule has 0 spiro atoms. The highest BCUT2D eigenvalue weighted by Gasteiger charge is 2.07. The Morgan fingerprint density at radius 3 is 2.50 bits per heavy atom. The first-order valence-corrected chi connectivity index (χ1v) is 8.35. The van der Waals surface area contributed by atoms with Crippen LogP contribution in [-0.2, 0) is 0 Å². The van der Waals surface area contributed by atoms with Gasteiger partial charge in [0.1, 0.15) is 11.6 Å². The summed E-state index contributed by atoms with van der Waals surface area (Å²) >= 11 is 1.49. The summed E-state index contributed by atoms with van der Waals surface area (Å²) in [5, 5.41) is 15.8. The molecule has 0 amide bonds. The zero-order valence-electron chi connectivity index (χ0n) is 13.1. The van der Waals surface area contributed by atoms with Gasteiger partial charge in [0, 0.05) is 17.5 Å². The number of phenols is 1. The van der Waals surface area contributed by atoms with Crippen LogP contribution in [0.2, 0.25) is 0 Å². The molecule has 0 bridgehead atoms. The summed E-state index contributed by atoms with van der Waals surface area (Å²) < 4.78 is 14.9. The molecule has 0 fully saturated rings. The van der Waals surface area contributed by atoms with Gasteiger partial charge in [0.25, 0.3) is 0 Å². The first-order chi connectivity index (χ1) is 11.7. The monoisotopic (exact) mass is 341 g/mol. The zero-order valence-corrected chi connectivity index (χ0v) is 13.9. The lowest BCUT2D eigenvalue weighted by Gasteiger charge is -2.03. The number of halogens is 1. The Labute approximate surface area is 142 Å². The van der Waals surface area contributed by atoms with E-state index >= 15 is 0 Å². The van der Waals surface area contributed by atoms with Gasteiger partial charge in [0.2, 0.25) is 4.80 Å². The van der Waals surface area contributed by atoms with Crippen LogP contribution in [0.4, 0.5) is 4.39 Å². The third kappa shape index (κ3) is 3.60. The molecule has 0 saturated carbocycles. The van der Waals surface area contributed by atoms with Crippen molar-refractivity contribution in [3.8, 4) is 17.0 Å². The van der Waals surface area contributed by atoms with Gasteiger partial charge in [-0.1, -0.05) is 0 Å². The molecule has 24 heavy (non-hydrogen) atoms. The topological polar surface area (TPSA) is 49.9 Å². The second-order valence-corrected chi connectivity index (χ2v) is 5.87. The molecule has 122 valence electrons. The maximum Gasteiger partial charge on any atom is 0.206 e. The third-order valence-corrected chi connectivity index (χ3v) is 4.19. The summed E-state index contributed by atoms with van der Waals surface area (Å²) in [5.74, 6) is -0.0596. The number of benzene rings is 2. The minimum Gasteiger partial charge on any atom is -0.508 e. The van der Waals surface area contributed by atoms with Crippen LogP contribution in [0.15, 0.2) is 64.0 Å². The van der Waals surface area contributed by atoms with Crippen molar-refractivity contribution in [1.82, 2.24) is 4.68 Å². The van der Waals surface area contributed by atoms with Crippen molar-refractivity contribution in [2.24, 2.45) is 10.1 Å². The van der Waals surface area contributed by atoms with Crippen LogP contribution in [0.1, 0.15) is 12.5 Å². The molecule has 3 aromatic rings. The van der Waals surface area contributed by atoms with E-state index in [4.69, 9.17) is 0 Å². The molecule has 0 aliphatic heterocycles. The molecule has 0 saturated heterocycles. The van der Waals surface area contributed by atoms with Gasteiger partial charge in [-0.3, -0.25) is 4.99 Å². The minimum absolute atomic E-state index is 0.212. The van der Waals surface area contributed by atoms with E-state index in [2.05, 4.69) is 10.1 Å². The molecule has 0 radical (unpaired) electrons. The normalized spacial score (nSPS) is 12.2. The van der Waals surface area contributed by atoms with E-state index in [0.717, 1.165) is 21.6 Å². The Balaban J connectivity index is 2.04. The third-order valence-electron chi connectivity index (χ3n) is 3.33. The zero-order chi connectivity index (χ0) is 16.9. The van der Waals surface area contributed by atoms with E-state index in [1.165, 1.54) is 23.5 Å². The summed E-state index contributed by atoms with van der Waals surface area (Å²) in [6.45, 7) is 2.61. The summed E-state index contributed by atoms with van der Waals surface area (Å²) in [4.78, 5) is 5.22. The van der Waals surface area contributed by atoms with E-state index in [0.29, 0.717) is 6.54 Å². The summed E-state index contributed by atoms with van der Waals surface area (Å²) in [7, 11) is 0. The van der Waals surface area contributed by atoms with Crippen molar-refractivity contribution < 1.29 is 9.50 Å². The van der Waals surface area contributed by atoms with Crippen LogP contribution < -0.4 is 4.80 Å². The van der Waals surface area contributed by atoms with E-state index in [-0.39, 0.29) is 11.6 Å². The lowest BCUT2D eigenvalue weighted by molar-refractivity contribution is 0.475. The largest absolute Gasteiger partial charge is 0.508 e. The van der Waals surface area contributed by atoms with Gasteiger partial charge in [0.05, 0.1) is 11.9 Å². The Morgan fingerprint density at radius 1 is 1.12 bits per heavy atom. The number of rotatable bonds is 4. The van der Waals surface area contributed by atoms with Gasteiger partial charge >= 0.3 is 0 Å². The van der Waals surface area contributed by atoms with E-state index < -0.39 is 0 Å². The summed E-state index contributed by atoms with van der Waals surface area (Å²) in [5.41, 5.74) is 2.58. The highest BCUT2D eigenvalue weighted by atomic mass is 32.1. The first kappa shape index (κ1) is 16.1. The van der Waals surface area contributed by atoms with Gasteiger partial charge in [-0.2, -0.15) is 5.10 Å². The molecule has 1 aromatic heterocycles.